The summed E-state index contributed by atoms with van der Waals surface area (Å²) in [6.45, 7) is 2.84. The first-order valence-electron chi connectivity index (χ1n) is 9.94. The molecule has 7 nitrogen and oxygen atoms in total. The average molecular weight is 370 g/mol. The molecule has 7 heteroatoms. The van der Waals surface area contributed by atoms with Crippen molar-refractivity contribution in [2.75, 3.05) is 32.7 Å². The Kier molecular flexibility index (Phi) is 5.20. The Hall–Kier alpha value is -2.28. The summed E-state index contributed by atoms with van der Waals surface area (Å²) in [6.07, 6.45) is 13.4. The van der Waals surface area contributed by atoms with Crippen molar-refractivity contribution < 1.29 is 14.4 Å². The first kappa shape index (κ1) is 18.1. The summed E-state index contributed by atoms with van der Waals surface area (Å²) in [5.41, 5.74) is 0.456. The molecule has 0 aromatic heterocycles. The van der Waals surface area contributed by atoms with Crippen LogP contribution in [0.5, 0.6) is 0 Å². The van der Waals surface area contributed by atoms with E-state index in [1.807, 2.05) is 0 Å². The van der Waals surface area contributed by atoms with Crippen molar-refractivity contribution in [3.63, 3.8) is 0 Å². The van der Waals surface area contributed by atoms with Crippen LogP contribution in [0.3, 0.4) is 0 Å². The molecular weight excluding hydrogens is 344 g/mol. The van der Waals surface area contributed by atoms with Crippen molar-refractivity contribution in [3.05, 3.63) is 24.3 Å². The van der Waals surface area contributed by atoms with Gasteiger partial charge in [0.05, 0.1) is 11.6 Å². The van der Waals surface area contributed by atoms with Gasteiger partial charge in [0.15, 0.2) is 0 Å². The molecule has 1 saturated carbocycles. The van der Waals surface area contributed by atoms with E-state index in [1.165, 1.54) is 32.1 Å². The Labute approximate surface area is 159 Å². The van der Waals surface area contributed by atoms with Crippen LogP contribution in [0.4, 0.5) is 4.79 Å². The molecule has 4 rings (SSSR count). The van der Waals surface area contributed by atoms with Gasteiger partial charge in [0.2, 0.25) is 11.8 Å². The van der Waals surface area contributed by atoms with Gasteiger partial charge >= 0.3 is 6.03 Å². The van der Waals surface area contributed by atoms with Crippen LogP contribution in [0.1, 0.15) is 32.1 Å². The lowest BCUT2D eigenvalue weighted by molar-refractivity contribution is -0.140. The van der Waals surface area contributed by atoms with E-state index in [4.69, 9.17) is 0 Å². The maximum Gasteiger partial charge on any atom is 0.351 e. The molecule has 0 aromatic rings. The second-order valence-electron chi connectivity index (χ2n) is 7.67. The third-order valence-corrected chi connectivity index (χ3v) is 6.04. The van der Waals surface area contributed by atoms with Gasteiger partial charge in [0, 0.05) is 32.2 Å². The first-order chi connectivity index (χ1) is 13.1. The minimum absolute atomic E-state index is 0.172. The second-order valence-corrected chi connectivity index (χ2v) is 7.67. The largest absolute Gasteiger partial charge is 0.351 e. The van der Waals surface area contributed by atoms with Crippen LogP contribution >= 0.6 is 0 Å². The van der Waals surface area contributed by atoms with Crippen LogP contribution in [-0.2, 0) is 9.59 Å². The number of allylic oxidation sites excluding steroid dienone is 3. The van der Waals surface area contributed by atoms with Crippen molar-refractivity contribution in [1.82, 2.24) is 14.7 Å². The number of piperazine rings is 1. The molecule has 4 amide bonds. The molecule has 2 aliphatic carbocycles. The molecule has 4 aliphatic rings. The van der Waals surface area contributed by atoms with Crippen molar-refractivity contribution in [3.8, 4) is 0 Å². The molecule has 0 N–H and O–H groups in total. The van der Waals surface area contributed by atoms with E-state index in [2.05, 4.69) is 9.89 Å². The van der Waals surface area contributed by atoms with Gasteiger partial charge in [0.25, 0.3) is 0 Å². The van der Waals surface area contributed by atoms with Gasteiger partial charge in [-0.25, -0.2) is 4.79 Å². The lowest BCUT2D eigenvalue weighted by atomic mass is 9.94. The zero-order chi connectivity index (χ0) is 18.8. The summed E-state index contributed by atoms with van der Waals surface area (Å²) in [5, 5.41) is 0. The van der Waals surface area contributed by atoms with Gasteiger partial charge in [-0.05, 0) is 18.9 Å². The number of carbonyl (C=O) groups is 3. The number of nitrogens with zero attached hydrogens (tertiary/aromatic N) is 4. The molecule has 1 atom stereocenters. The maximum absolute atomic E-state index is 12.7. The van der Waals surface area contributed by atoms with Crippen LogP contribution in [0.2, 0.25) is 0 Å². The third-order valence-electron chi connectivity index (χ3n) is 6.04. The predicted molar refractivity (Wildman–Crippen MR) is 101 cm³/mol. The molecule has 0 spiro atoms. The van der Waals surface area contributed by atoms with Crippen molar-refractivity contribution in [1.29, 1.82) is 0 Å². The van der Waals surface area contributed by atoms with E-state index < -0.39 is 11.9 Å². The number of carbonyl (C=O) groups excluding carboxylic acids is 3. The van der Waals surface area contributed by atoms with E-state index >= 15 is 0 Å². The van der Waals surface area contributed by atoms with Crippen LogP contribution in [0.15, 0.2) is 29.3 Å². The fraction of sp³-hybridized carbons (Fsp3) is 0.600. The highest BCUT2D eigenvalue weighted by molar-refractivity contribution is 6.22. The molecule has 0 radical (unpaired) electrons. The average Bonchev–Trinajstić information content (AvgIpc) is 2.72. The minimum atomic E-state index is -0.639. The number of imide groups is 1. The normalized spacial score (nSPS) is 27.0. The van der Waals surface area contributed by atoms with Gasteiger partial charge in [0.1, 0.15) is 6.54 Å². The smallest absolute Gasteiger partial charge is 0.339 e. The fourth-order valence-electron chi connectivity index (χ4n) is 4.44. The van der Waals surface area contributed by atoms with Crippen LogP contribution in [0.25, 0.3) is 0 Å². The molecule has 27 heavy (non-hydrogen) atoms. The zero-order valence-corrected chi connectivity index (χ0v) is 15.5. The quantitative estimate of drug-likeness (QED) is 0.757. The van der Waals surface area contributed by atoms with Gasteiger partial charge < -0.3 is 4.90 Å². The van der Waals surface area contributed by atoms with E-state index in [-0.39, 0.29) is 18.4 Å². The summed E-state index contributed by atoms with van der Waals surface area (Å²) in [5.74, 6) is -1.09. The number of urea groups is 1. The molecule has 144 valence electrons. The first-order valence-corrected chi connectivity index (χ1v) is 9.94. The lowest BCUT2D eigenvalue weighted by Gasteiger charge is -2.41. The molecule has 2 aliphatic heterocycles. The highest BCUT2D eigenvalue weighted by atomic mass is 16.2. The van der Waals surface area contributed by atoms with E-state index in [0.717, 1.165) is 18.0 Å². The summed E-state index contributed by atoms with van der Waals surface area (Å²) in [7, 11) is 0. The Bertz CT molecular complexity index is 713. The molecule has 1 unspecified atom stereocenters. The van der Waals surface area contributed by atoms with Gasteiger partial charge in [-0.2, -0.15) is 4.99 Å². The lowest BCUT2D eigenvalue weighted by Crippen LogP contribution is -2.55. The van der Waals surface area contributed by atoms with Crippen LogP contribution in [0, 0.1) is 5.92 Å². The number of amides is 4. The Morgan fingerprint density at radius 1 is 1.04 bits per heavy atom. The number of fused-ring (bicyclic) bond motifs is 1. The summed E-state index contributed by atoms with van der Waals surface area (Å²) in [6, 6.07) is 0.0144. The van der Waals surface area contributed by atoms with Crippen molar-refractivity contribution in [2.45, 2.75) is 38.1 Å². The fourth-order valence-corrected chi connectivity index (χ4v) is 4.44. The number of hydrogen-bond donors (Lipinski definition) is 0. The summed E-state index contributed by atoms with van der Waals surface area (Å²) in [4.78, 5) is 46.7. The number of aliphatic imine (C=N–C) groups is 1. The van der Waals surface area contributed by atoms with Crippen LogP contribution < -0.4 is 0 Å². The van der Waals surface area contributed by atoms with Crippen LogP contribution in [-0.4, -0.2) is 77.0 Å². The van der Waals surface area contributed by atoms with Crippen molar-refractivity contribution in [2.24, 2.45) is 10.9 Å². The molecule has 2 fully saturated rings. The maximum atomic E-state index is 12.7. The predicted octanol–water partition coefficient (Wildman–Crippen LogP) is 1.61. The monoisotopic (exact) mass is 370 g/mol. The Balaban J connectivity index is 1.34. The van der Waals surface area contributed by atoms with E-state index in [0.29, 0.717) is 24.8 Å². The number of rotatable bonds is 3. The molecule has 2 heterocycles. The SMILES string of the molecule is O=C(CN1C(=O)N=C2C=CC=CC2C1=O)N1CCN(C2CCCCC2)CC1. The van der Waals surface area contributed by atoms with E-state index in [9.17, 15) is 14.4 Å². The Morgan fingerprint density at radius 2 is 1.78 bits per heavy atom. The highest BCUT2D eigenvalue weighted by Gasteiger charge is 2.37. The van der Waals surface area contributed by atoms with Gasteiger partial charge in [-0.3, -0.25) is 19.4 Å². The van der Waals surface area contributed by atoms with E-state index in [1.54, 1.807) is 29.2 Å². The highest BCUT2D eigenvalue weighted by Crippen LogP contribution is 2.24. The molecule has 0 bridgehead atoms. The topological polar surface area (TPSA) is 73.3 Å². The molecule has 0 aromatic carbocycles. The molecule has 1 saturated heterocycles. The van der Waals surface area contributed by atoms with Gasteiger partial charge in [-0.15, -0.1) is 0 Å². The summed E-state index contributed by atoms with van der Waals surface area (Å²) >= 11 is 0. The third kappa shape index (κ3) is 3.74. The zero-order valence-electron chi connectivity index (χ0n) is 15.5. The number of hydrogen-bond acceptors (Lipinski definition) is 4. The standard InChI is InChI=1S/C20H26N4O3/c25-18(23-12-10-22(11-13-23)15-6-2-1-3-7-15)14-24-19(26)16-8-4-5-9-17(16)21-20(24)27/h4-5,8-9,15-16H,1-3,6-7,10-14H2. The Morgan fingerprint density at radius 3 is 2.52 bits per heavy atom. The second kappa shape index (κ2) is 7.76. The van der Waals surface area contributed by atoms with Crippen molar-refractivity contribution >= 4 is 23.6 Å². The summed E-state index contributed by atoms with van der Waals surface area (Å²) < 4.78 is 0. The van der Waals surface area contributed by atoms with Gasteiger partial charge in [-0.1, -0.05) is 37.5 Å². The minimum Gasteiger partial charge on any atom is -0.339 e. The molecular formula is C20H26N4O3.